The highest BCUT2D eigenvalue weighted by atomic mass is 32.1. The van der Waals surface area contributed by atoms with Crippen LogP contribution in [0, 0.1) is 13.8 Å². The molecular formula is C15H16N2OS. The summed E-state index contributed by atoms with van der Waals surface area (Å²) in [5.74, 6) is 0.00445. The van der Waals surface area contributed by atoms with Crippen LogP contribution in [0.1, 0.15) is 44.0 Å². The summed E-state index contributed by atoms with van der Waals surface area (Å²) in [4.78, 5) is 17.4. The third kappa shape index (κ3) is 2.28. The van der Waals surface area contributed by atoms with Gasteiger partial charge < -0.3 is 5.32 Å². The highest BCUT2D eigenvalue weighted by Crippen LogP contribution is 2.31. The molecule has 3 nitrogen and oxygen atoms in total. The van der Waals surface area contributed by atoms with Crippen molar-refractivity contribution in [3.63, 3.8) is 0 Å². The van der Waals surface area contributed by atoms with Gasteiger partial charge in [-0.2, -0.15) is 0 Å². The third-order valence-electron chi connectivity index (χ3n) is 3.55. The van der Waals surface area contributed by atoms with Gasteiger partial charge in [0.1, 0.15) is 4.88 Å². The fraction of sp³-hybridized carbons (Fsp3) is 0.333. The Morgan fingerprint density at radius 3 is 2.89 bits per heavy atom. The van der Waals surface area contributed by atoms with Crippen LogP contribution in [0.5, 0.6) is 0 Å². The van der Waals surface area contributed by atoms with Gasteiger partial charge in [0, 0.05) is 0 Å². The molecule has 1 aromatic carbocycles. The number of rotatable bonds is 2. The number of hydrogen-bond donors (Lipinski definition) is 1. The van der Waals surface area contributed by atoms with E-state index in [1.165, 1.54) is 22.5 Å². The molecule has 19 heavy (non-hydrogen) atoms. The van der Waals surface area contributed by atoms with Gasteiger partial charge in [-0.1, -0.05) is 24.3 Å². The van der Waals surface area contributed by atoms with E-state index < -0.39 is 0 Å². The maximum Gasteiger partial charge on any atom is 0.263 e. The number of benzene rings is 1. The van der Waals surface area contributed by atoms with E-state index in [-0.39, 0.29) is 11.9 Å². The van der Waals surface area contributed by atoms with Gasteiger partial charge in [-0.25, -0.2) is 4.98 Å². The Morgan fingerprint density at radius 2 is 2.16 bits per heavy atom. The van der Waals surface area contributed by atoms with Crippen LogP contribution in [0.4, 0.5) is 0 Å². The molecule has 0 saturated carbocycles. The number of fused-ring (bicyclic) bond motifs is 1. The van der Waals surface area contributed by atoms with E-state index >= 15 is 0 Å². The molecule has 1 aliphatic carbocycles. The summed E-state index contributed by atoms with van der Waals surface area (Å²) >= 11 is 1.46. The molecule has 1 aromatic heterocycles. The average Bonchev–Trinajstić information content (AvgIpc) is 2.94. The zero-order valence-corrected chi connectivity index (χ0v) is 11.9. The Bertz CT molecular complexity index is 633. The maximum atomic E-state index is 12.3. The number of thiazole rings is 1. The first kappa shape index (κ1) is 12.4. The molecule has 3 rings (SSSR count). The largest absolute Gasteiger partial charge is 0.344 e. The highest BCUT2D eigenvalue weighted by Gasteiger charge is 2.25. The minimum absolute atomic E-state index is 0.00445. The first-order chi connectivity index (χ1) is 9.15. The summed E-state index contributed by atoms with van der Waals surface area (Å²) < 4.78 is 0. The lowest BCUT2D eigenvalue weighted by molar-refractivity contribution is 0.0940. The van der Waals surface area contributed by atoms with Crippen LogP contribution in [-0.4, -0.2) is 10.9 Å². The van der Waals surface area contributed by atoms with Gasteiger partial charge in [0.15, 0.2) is 0 Å². The number of aryl methyl sites for hydroxylation is 3. The molecule has 4 heteroatoms. The molecule has 0 aliphatic heterocycles. The van der Waals surface area contributed by atoms with Gasteiger partial charge in [-0.15, -0.1) is 11.3 Å². The molecule has 0 spiro atoms. The van der Waals surface area contributed by atoms with Gasteiger partial charge in [0.05, 0.1) is 16.7 Å². The lowest BCUT2D eigenvalue weighted by atomic mass is 10.1. The Morgan fingerprint density at radius 1 is 1.37 bits per heavy atom. The van der Waals surface area contributed by atoms with Crippen molar-refractivity contribution in [3.05, 3.63) is 51.0 Å². The fourth-order valence-electron chi connectivity index (χ4n) is 2.67. The smallest absolute Gasteiger partial charge is 0.263 e. The Kier molecular flexibility index (Phi) is 3.11. The van der Waals surface area contributed by atoms with E-state index in [0.717, 1.165) is 28.4 Å². The number of carbonyl (C=O) groups excluding carboxylic acids is 1. The predicted octanol–water partition coefficient (Wildman–Crippen LogP) is 3.18. The van der Waals surface area contributed by atoms with Crippen molar-refractivity contribution in [3.8, 4) is 0 Å². The molecule has 0 fully saturated rings. The van der Waals surface area contributed by atoms with Crippen molar-refractivity contribution >= 4 is 17.2 Å². The van der Waals surface area contributed by atoms with Gasteiger partial charge in [-0.3, -0.25) is 4.79 Å². The molecule has 1 aliphatic rings. The molecular weight excluding hydrogens is 256 g/mol. The number of nitrogens with one attached hydrogen (secondary N) is 1. The highest BCUT2D eigenvalue weighted by molar-refractivity contribution is 7.13. The number of carbonyl (C=O) groups is 1. The lowest BCUT2D eigenvalue weighted by Gasteiger charge is -2.13. The quantitative estimate of drug-likeness (QED) is 0.912. The first-order valence-electron chi connectivity index (χ1n) is 6.48. The third-order valence-corrected chi connectivity index (χ3v) is 4.62. The molecule has 1 N–H and O–H groups in total. The second-order valence-corrected chi connectivity index (χ2v) is 6.11. The number of amides is 1. The van der Waals surface area contributed by atoms with Crippen LogP contribution >= 0.6 is 11.3 Å². The Balaban J connectivity index is 1.80. The van der Waals surface area contributed by atoms with Crippen molar-refractivity contribution in [1.82, 2.24) is 10.3 Å². The second-order valence-electron chi connectivity index (χ2n) is 4.91. The lowest BCUT2D eigenvalue weighted by Crippen LogP contribution is -2.26. The molecule has 2 aromatic rings. The Labute approximate surface area is 116 Å². The van der Waals surface area contributed by atoms with Crippen molar-refractivity contribution < 1.29 is 4.79 Å². The predicted molar refractivity (Wildman–Crippen MR) is 76.6 cm³/mol. The summed E-state index contributed by atoms with van der Waals surface area (Å²) in [5.41, 5.74) is 3.44. The fourth-order valence-corrected chi connectivity index (χ4v) is 3.50. The van der Waals surface area contributed by atoms with Crippen molar-refractivity contribution in [2.45, 2.75) is 32.7 Å². The monoisotopic (exact) mass is 272 g/mol. The summed E-state index contributed by atoms with van der Waals surface area (Å²) in [6.45, 7) is 3.82. The first-order valence-corrected chi connectivity index (χ1v) is 7.29. The topological polar surface area (TPSA) is 42.0 Å². The van der Waals surface area contributed by atoms with Crippen LogP contribution in [0.2, 0.25) is 0 Å². The van der Waals surface area contributed by atoms with Crippen LogP contribution in [0.3, 0.4) is 0 Å². The van der Waals surface area contributed by atoms with Gasteiger partial charge >= 0.3 is 0 Å². The second kappa shape index (κ2) is 4.78. The van der Waals surface area contributed by atoms with Crippen LogP contribution < -0.4 is 5.32 Å². The van der Waals surface area contributed by atoms with Crippen LogP contribution in [-0.2, 0) is 6.42 Å². The Hall–Kier alpha value is -1.68. The van der Waals surface area contributed by atoms with Crippen LogP contribution in [0.25, 0.3) is 0 Å². The molecule has 1 heterocycles. The minimum atomic E-state index is 0.00445. The molecule has 98 valence electrons. The van der Waals surface area contributed by atoms with Crippen molar-refractivity contribution in [2.24, 2.45) is 0 Å². The zero-order valence-electron chi connectivity index (χ0n) is 11.1. The van der Waals surface area contributed by atoms with Crippen molar-refractivity contribution in [2.75, 3.05) is 0 Å². The van der Waals surface area contributed by atoms with E-state index in [2.05, 4.69) is 28.5 Å². The number of aromatic nitrogens is 1. The number of nitrogens with zero attached hydrogens (tertiary/aromatic N) is 1. The molecule has 1 amide bonds. The number of hydrogen-bond acceptors (Lipinski definition) is 3. The summed E-state index contributed by atoms with van der Waals surface area (Å²) in [7, 11) is 0. The standard InChI is InChI=1S/C15H16N2OS/c1-9-14(19-10(2)16-9)15(18)17-13-8-7-11-5-3-4-6-12(11)13/h3-6,13H,7-8H2,1-2H3,(H,17,18). The SMILES string of the molecule is Cc1nc(C)c(C(=O)NC2CCc3ccccc32)s1. The normalized spacial score (nSPS) is 17.3. The minimum Gasteiger partial charge on any atom is -0.344 e. The molecule has 0 bridgehead atoms. The summed E-state index contributed by atoms with van der Waals surface area (Å²) in [6.07, 6.45) is 2.03. The van der Waals surface area contributed by atoms with Gasteiger partial charge in [0.2, 0.25) is 0 Å². The van der Waals surface area contributed by atoms with Gasteiger partial charge in [0.25, 0.3) is 5.91 Å². The molecule has 1 unspecified atom stereocenters. The van der Waals surface area contributed by atoms with Gasteiger partial charge in [-0.05, 0) is 37.8 Å². The van der Waals surface area contributed by atoms with Crippen molar-refractivity contribution in [1.29, 1.82) is 0 Å². The average molecular weight is 272 g/mol. The van der Waals surface area contributed by atoms with Crippen LogP contribution in [0.15, 0.2) is 24.3 Å². The summed E-state index contributed by atoms with van der Waals surface area (Å²) in [6, 6.07) is 8.48. The van der Waals surface area contributed by atoms with E-state index in [1.54, 1.807) is 0 Å². The molecule has 1 atom stereocenters. The maximum absolute atomic E-state index is 12.3. The molecule has 0 radical (unpaired) electrons. The zero-order chi connectivity index (χ0) is 13.4. The summed E-state index contributed by atoms with van der Waals surface area (Å²) in [5, 5.41) is 4.08. The van der Waals surface area contributed by atoms with E-state index in [0.29, 0.717) is 0 Å². The molecule has 0 saturated heterocycles. The van der Waals surface area contributed by atoms with E-state index in [4.69, 9.17) is 0 Å². The van der Waals surface area contributed by atoms with E-state index in [9.17, 15) is 4.79 Å². The van der Waals surface area contributed by atoms with E-state index in [1.807, 2.05) is 19.9 Å².